The molecule has 158 valence electrons. The Hall–Kier alpha value is -3.32. The molecule has 0 spiro atoms. The van der Waals surface area contributed by atoms with Crippen molar-refractivity contribution in [3.8, 4) is 0 Å². The number of rotatable bonds is 6. The van der Waals surface area contributed by atoms with Crippen LogP contribution < -0.4 is 9.80 Å². The predicted molar refractivity (Wildman–Crippen MR) is 122 cm³/mol. The van der Waals surface area contributed by atoms with E-state index in [9.17, 15) is 14.0 Å². The molecule has 31 heavy (non-hydrogen) atoms. The SMILES string of the molecule is Cc1nc(CN(C(=O)/C=C/c2ccc(N3CCCC3=O)cc2)c2ccc(F)cc2)cs1. The lowest BCUT2D eigenvalue weighted by Gasteiger charge is -2.20. The third-order valence-corrected chi connectivity index (χ3v) is 5.91. The minimum absolute atomic E-state index is 0.144. The Bertz CT molecular complexity index is 1110. The van der Waals surface area contributed by atoms with Crippen molar-refractivity contribution in [2.24, 2.45) is 0 Å². The van der Waals surface area contributed by atoms with Crippen LogP contribution >= 0.6 is 11.3 Å². The van der Waals surface area contributed by atoms with Crippen LogP contribution in [-0.2, 0) is 16.1 Å². The lowest BCUT2D eigenvalue weighted by molar-refractivity contribution is -0.117. The summed E-state index contributed by atoms with van der Waals surface area (Å²) in [6.45, 7) is 2.96. The fourth-order valence-electron chi connectivity index (χ4n) is 3.50. The number of halogens is 1. The van der Waals surface area contributed by atoms with Gasteiger partial charge < -0.3 is 9.80 Å². The molecule has 0 saturated carbocycles. The van der Waals surface area contributed by atoms with Crippen LogP contribution in [0.2, 0.25) is 0 Å². The third kappa shape index (κ3) is 5.06. The highest BCUT2D eigenvalue weighted by Gasteiger charge is 2.21. The van der Waals surface area contributed by atoms with Crippen molar-refractivity contribution in [2.75, 3.05) is 16.3 Å². The van der Waals surface area contributed by atoms with Gasteiger partial charge >= 0.3 is 0 Å². The van der Waals surface area contributed by atoms with Crippen LogP contribution in [0.5, 0.6) is 0 Å². The van der Waals surface area contributed by atoms with E-state index in [-0.39, 0.29) is 17.6 Å². The van der Waals surface area contributed by atoms with Crippen LogP contribution in [0.3, 0.4) is 0 Å². The van der Waals surface area contributed by atoms with Crippen molar-refractivity contribution >= 4 is 40.6 Å². The quantitative estimate of drug-likeness (QED) is 0.514. The zero-order valence-corrected chi connectivity index (χ0v) is 17.9. The van der Waals surface area contributed by atoms with Gasteiger partial charge in [0, 0.05) is 35.8 Å². The largest absolute Gasteiger partial charge is 0.312 e. The number of aryl methyl sites for hydroxylation is 1. The Morgan fingerprint density at radius 2 is 1.94 bits per heavy atom. The molecular weight excluding hydrogens is 413 g/mol. The van der Waals surface area contributed by atoms with Gasteiger partial charge in [0.15, 0.2) is 0 Å². The summed E-state index contributed by atoms with van der Waals surface area (Å²) in [5.41, 5.74) is 3.11. The van der Waals surface area contributed by atoms with Crippen LogP contribution in [0.15, 0.2) is 60.0 Å². The van der Waals surface area contributed by atoms with Gasteiger partial charge in [-0.15, -0.1) is 11.3 Å². The van der Waals surface area contributed by atoms with E-state index in [0.29, 0.717) is 18.7 Å². The second-order valence-corrected chi connectivity index (χ2v) is 8.39. The molecule has 0 N–H and O–H groups in total. The molecule has 0 radical (unpaired) electrons. The monoisotopic (exact) mass is 435 g/mol. The highest BCUT2D eigenvalue weighted by Crippen LogP contribution is 2.23. The van der Waals surface area contributed by atoms with E-state index in [1.54, 1.807) is 28.0 Å². The number of hydrogen-bond donors (Lipinski definition) is 0. The average molecular weight is 436 g/mol. The van der Waals surface area contributed by atoms with E-state index in [0.717, 1.165) is 34.9 Å². The van der Waals surface area contributed by atoms with Crippen molar-refractivity contribution in [3.63, 3.8) is 0 Å². The normalized spacial score (nSPS) is 13.9. The summed E-state index contributed by atoms with van der Waals surface area (Å²) >= 11 is 1.52. The molecular formula is C24H22FN3O2S. The van der Waals surface area contributed by atoms with E-state index in [1.165, 1.54) is 29.5 Å². The first-order valence-corrected chi connectivity index (χ1v) is 10.9. The molecule has 1 aliphatic rings. The summed E-state index contributed by atoms with van der Waals surface area (Å²) in [5.74, 6) is -0.436. The second-order valence-electron chi connectivity index (χ2n) is 7.33. The minimum atomic E-state index is -0.354. The molecule has 3 aromatic rings. The number of nitrogens with zero attached hydrogens (tertiary/aromatic N) is 3. The van der Waals surface area contributed by atoms with Crippen molar-refractivity contribution < 1.29 is 14.0 Å². The topological polar surface area (TPSA) is 53.5 Å². The Morgan fingerprint density at radius 3 is 2.55 bits per heavy atom. The van der Waals surface area contributed by atoms with Gasteiger partial charge in [-0.3, -0.25) is 9.59 Å². The summed E-state index contributed by atoms with van der Waals surface area (Å²) < 4.78 is 13.4. The maximum Gasteiger partial charge on any atom is 0.251 e. The molecule has 7 heteroatoms. The van der Waals surface area contributed by atoms with Gasteiger partial charge in [-0.2, -0.15) is 0 Å². The standard InChI is InChI=1S/C24H22FN3O2S/c1-17-26-20(16-31-17)15-28(22-11-7-19(25)8-12-22)24(30)13-6-18-4-9-21(10-5-18)27-14-2-3-23(27)29/h4-13,16H,2-3,14-15H2,1H3/b13-6+. The molecule has 0 bridgehead atoms. The summed E-state index contributed by atoms with van der Waals surface area (Å²) in [6, 6.07) is 13.4. The van der Waals surface area contributed by atoms with E-state index >= 15 is 0 Å². The Morgan fingerprint density at radius 1 is 1.19 bits per heavy atom. The molecule has 5 nitrogen and oxygen atoms in total. The van der Waals surface area contributed by atoms with E-state index < -0.39 is 0 Å². The summed E-state index contributed by atoms with van der Waals surface area (Å²) in [6.07, 6.45) is 4.71. The van der Waals surface area contributed by atoms with Gasteiger partial charge in [-0.25, -0.2) is 9.37 Å². The molecule has 0 aliphatic carbocycles. The van der Waals surface area contributed by atoms with E-state index in [1.807, 2.05) is 36.6 Å². The van der Waals surface area contributed by atoms with Crippen LogP contribution in [0.25, 0.3) is 6.08 Å². The van der Waals surface area contributed by atoms with Crippen molar-refractivity contribution in [1.82, 2.24) is 4.98 Å². The number of hydrogen-bond acceptors (Lipinski definition) is 4. The van der Waals surface area contributed by atoms with Gasteiger partial charge in [0.25, 0.3) is 5.91 Å². The molecule has 4 rings (SSSR count). The molecule has 0 unspecified atom stereocenters. The first-order chi connectivity index (χ1) is 15.0. The molecule has 1 aromatic heterocycles. The van der Waals surface area contributed by atoms with Gasteiger partial charge in [0.1, 0.15) is 5.82 Å². The summed E-state index contributed by atoms with van der Waals surface area (Å²) in [5, 5.41) is 2.84. The highest BCUT2D eigenvalue weighted by molar-refractivity contribution is 7.09. The molecule has 1 fully saturated rings. The average Bonchev–Trinajstić information content (AvgIpc) is 3.39. The van der Waals surface area contributed by atoms with Crippen LogP contribution in [-0.4, -0.2) is 23.3 Å². The molecule has 0 atom stereocenters. The fraction of sp³-hybridized carbons (Fsp3) is 0.208. The number of thiazole rings is 1. The maximum atomic E-state index is 13.4. The number of aromatic nitrogens is 1. The smallest absolute Gasteiger partial charge is 0.251 e. The van der Waals surface area contributed by atoms with Crippen molar-refractivity contribution in [2.45, 2.75) is 26.3 Å². The van der Waals surface area contributed by atoms with E-state index in [4.69, 9.17) is 0 Å². The minimum Gasteiger partial charge on any atom is -0.312 e. The summed E-state index contributed by atoms with van der Waals surface area (Å²) in [7, 11) is 0. The zero-order valence-electron chi connectivity index (χ0n) is 17.1. The third-order valence-electron chi connectivity index (χ3n) is 5.09. The Balaban J connectivity index is 1.51. The Labute approximate surface area is 184 Å². The first kappa shape index (κ1) is 20.9. The predicted octanol–water partition coefficient (Wildman–Crippen LogP) is 4.96. The molecule has 2 amide bonds. The van der Waals surface area contributed by atoms with Gasteiger partial charge in [0.05, 0.1) is 17.2 Å². The Kier molecular flexibility index (Phi) is 6.23. The maximum absolute atomic E-state index is 13.4. The first-order valence-electron chi connectivity index (χ1n) is 10.1. The van der Waals surface area contributed by atoms with Crippen molar-refractivity contribution in [3.05, 3.63) is 82.1 Å². The molecule has 2 heterocycles. The van der Waals surface area contributed by atoms with Crippen molar-refractivity contribution in [1.29, 1.82) is 0 Å². The fourth-order valence-corrected chi connectivity index (χ4v) is 4.11. The summed E-state index contributed by atoms with van der Waals surface area (Å²) in [4.78, 5) is 32.7. The number of anilines is 2. The number of amides is 2. The number of carbonyl (C=O) groups excluding carboxylic acids is 2. The zero-order chi connectivity index (χ0) is 21.8. The van der Waals surface area contributed by atoms with E-state index in [2.05, 4.69) is 4.98 Å². The molecule has 2 aromatic carbocycles. The molecule has 1 aliphatic heterocycles. The molecule has 1 saturated heterocycles. The second kappa shape index (κ2) is 9.22. The van der Waals surface area contributed by atoms with Crippen LogP contribution in [0.4, 0.5) is 15.8 Å². The highest BCUT2D eigenvalue weighted by atomic mass is 32.1. The van der Waals surface area contributed by atoms with Gasteiger partial charge in [-0.1, -0.05) is 12.1 Å². The van der Waals surface area contributed by atoms with Gasteiger partial charge in [-0.05, 0) is 61.4 Å². The lowest BCUT2D eigenvalue weighted by Crippen LogP contribution is -2.28. The lowest BCUT2D eigenvalue weighted by atomic mass is 10.1. The van der Waals surface area contributed by atoms with Gasteiger partial charge in [0.2, 0.25) is 5.91 Å². The number of carbonyl (C=O) groups is 2. The van der Waals surface area contributed by atoms with Crippen LogP contribution in [0, 0.1) is 12.7 Å². The number of benzene rings is 2. The van der Waals surface area contributed by atoms with Crippen LogP contribution in [0.1, 0.15) is 29.1 Å².